The summed E-state index contributed by atoms with van der Waals surface area (Å²) in [6, 6.07) is 17.1. The van der Waals surface area contributed by atoms with Gasteiger partial charge >= 0.3 is 0 Å². The molecule has 1 heterocycles. The number of halogens is 1. The normalized spacial score (nSPS) is 10.6. The van der Waals surface area contributed by atoms with Crippen molar-refractivity contribution in [2.24, 2.45) is 0 Å². The van der Waals surface area contributed by atoms with Crippen LogP contribution in [0.1, 0.15) is 15.9 Å². The summed E-state index contributed by atoms with van der Waals surface area (Å²) >= 11 is 3.40. The van der Waals surface area contributed by atoms with Gasteiger partial charge in [-0.05, 0) is 24.3 Å². The Morgan fingerprint density at radius 2 is 1.74 bits per heavy atom. The second-order valence-electron chi connectivity index (χ2n) is 4.23. The SMILES string of the molecule is O=C(c1cnc2ccccc2c1)c1ccccc1Br. The van der Waals surface area contributed by atoms with Gasteiger partial charge in [0.2, 0.25) is 0 Å². The highest BCUT2D eigenvalue weighted by atomic mass is 79.9. The largest absolute Gasteiger partial charge is 0.289 e. The molecule has 0 radical (unpaired) electrons. The number of rotatable bonds is 2. The molecule has 0 aliphatic rings. The van der Waals surface area contributed by atoms with Crippen LogP contribution in [0.4, 0.5) is 0 Å². The summed E-state index contributed by atoms with van der Waals surface area (Å²) in [5.74, 6) is -0.0225. The molecule has 0 aliphatic heterocycles. The summed E-state index contributed by atoms with van der Waals surface area (Å²) in [4.78, 5) is 16.8. The third kappa shape index (κ3) is 2.29. The number of nitrogens with zero attached hydrogens (tertiary/aromatic N) is 1. The maximum atomic E-state index is 12.4. The van der Waals surface area contributed by atoms with Gasteiger partial charge in [-0.25, -0.2) is 0 Å². The van der Waals surface area contributed by atoms with Gasteiger partial charge in [-0.3, -0.25) is 9.78 Å². The minimum absolute atomic E-state index is 0.0225. The second kappa shape index (κ2) is 4.94. The number of hydrogen-bond acceptors (Lipinski definition) is 2. The van der Waals surface area contributed by atoms with Crippen molar-refractivity contribution < 1.29 is 4.79 Å². The summed E-state index contributed by atoms with van der Waals surface area (Å²) in [5, 5.41) is 0.973. The Bertz CT molecular complexity index is 767. The zero-order chi connectivity index (χ0) is 13.2. The molecule has 3 rings (SSSR count). The van der Waals surface area contributed by atoms with Crippen molar-refractivity contribution >= 4 is 32.6 Å². The van der Waals surface area contributed by atoms with Crippen LogP contribution in [0.5, 0.6) is 0 Å². The molecule has 0 saturated heterocycles. The molecule has 0 spiro atoms. The summed E-state index contributed by atoms with van der Waals surface area (Å²) in [6.45, 7) is 0. The standard InChI is InChI=1S/C16H10BrNO/c17-14-7-3-2-6-13(14)16(19)12-9-11-5-1-4-8-15(11)18-10-12/h1-10H. The van der Waals surface area contributed by atoms with Gasteiger partial charge in [0.15, 0.2) is 5.78 Å². The molecule has 2 aromatic carbocycles. The van der Waals surface area contributed by atoms with E-state index in [-0.39, 0.29) is 5.78 Å². The van der Waals surface area contributed by atoms with Gasteiger partial charge in [-0.15, -0.1) is 0 Å². The van der Waals surface area contributed by atoms with Crippen molar-refractivity contribution in [3.05, 3.63) is 76.4 Å². The van der Waals surface area contributed by atoms with Crippen LogP contribution in [-0.4, -0.2) is 10.8 Å². The van der Waals surface area contributed by atoms with E-state index in [1.807, 2.05) is 54.6 Å². The van der Waals surface area contributed by atoms with E-state index in [1.54, 1.807) is 6.20 Å². The number of hydrogen-bond donors (Lipinski definition) is 0. The van der Waals surface area contributed by atoms with Gasteiger partial charge in [0.05, 0.1) is 5.52 Å². The van der Waals surface area contributed by atoms with Crippen molar-refractivity contribution in [3.63, 3.8) is 0 Å². The number of aromatic nitrogens is 1. The maximum absolute atomic E-state index is 12.4. The lowest BCUT2D eigenvalue weighted by molar-refractivity contribution is 0.103. The molecule has 0 amide bonds. The van der Waals surface area contributed by atoms with Gasteiger partial charge in [0.1, 0.15) is 0 Å². The van der Waals surface area contributed by atoms with E-state index in [1.165, 1.54) is 0 Å². The van der Waals surface area contributed by atoms with Gasteiger partial charge in [0, 0.05) is 27.2 Å². The van der Waals surface area contributed by atoms with E-state index >= 15 is 0 Å². The van der Waals surface area contributed by atoms with Gasteiger partial charge in [-0.2, -0.15) is 0 Å². The van der Waals surface area contributed by atoms with Crippen molar-refractivity contribution in [2.45, 2.75) is 0 Å². The minimum atomic E-state index is -0.0225. The first-order chi connectivity index (χ1) is 9.25. The first kappa shape index (κ1) is 12.1. The topological polar surface area (TPSA) is 30.0 Å². The molecule has 0 bridgehead atoms. The maximum Gasteiger partial charge on any atom is 0.195 e. The van der Waals surface area contributed by atoms with E-state index in [4.69, 9.17) is 0 Å². The number of pyridine rings is 1. The average Bonchev–Trinajstić information content (AvgIpc) is 2.46. The van der Waals surface area contributed by atoms with E-state index in [0.29, 0.717) is 11.1 Å². The van der Waals surface area contributed by atoms with Crippen molar-refractivity contribution in [2.75, 3.05) is 0 Å². The number of para-hydroxylation sites is 1. The summed E-state index contributed by atoms with van der Waals surface area (Å²) in [7, 11) is 0. The highest BCUT2D eigenvalue weighted by Gasteiger charge is 2.12. The van der Waals surface area contributed by atoms with E-state index in [2.05, 4.69) is 20.9 Å². The Balaban J connectivity index is 2.09. The molecule has 0 aliphatic carbocycles. The molecule has 2 nitrogen and oxygen atoms in total. The average molecular weight is 312 g/mol. The molecular weight excluding hydrogens is 302 g/mol. The zero-order valence-electron chi connectivity index (χ0n) is 10.0. The van der Waals surface area contributed by atoms with E-state index < -0.39 is 0 Å². The lowest BCUT2D eigenvalue weighted by Crippen LogP contribution is -2.02. The third-order valence-electron chi connectivity index (χ3n) is 2.97. The van der Waals surface area contributed by atoms with Crippen molar-refractivity contribution in [1.82, 2.24) is 4.98 Å². The van der Waals surface area contributed by atoms with Crippen molar-refractivity contribution in [3.8, 4) is 0 Å². The molecule has 0 atom stereocenters. The number of carbonyl (C=O) groups is 1. The molecule has 0 fully saturated rings. The Labute approximate surface area is 119 Å². The third-order valence-corrected chi connectivity index (χ3v) is 3.66. The second-order valence-corrected chi connectivity index (χ2v) is 5.08. The number of ketones is 1. The predicted molar refractivity (Wildman–Crippen MR) is 79.3 cm³/mol. The van der Waals surface area contributed by atoms with Gasteiger partial charge in [0.25, 0.3) is 0 Å². The van der Waals surface area contributed by atoms with Gasteiger partial charge < -0.3 is 0 Å². The molecule has 19 heavy (non-hydrogen) atoms. The first-order valence-corrected chi connectivity index (χ1v) is 6.69. The summed E-state index contributed by atoms with van der Waals surface area (Å²) in [5.41, 5.74) is 2.15. The quantitative estimate of drug-likeness (QED) is 0.663. The number of fused-ring (bicyclic) bond motifs is 1. The smallest absolute Gasteiger partial charge is 0.195 e. The Morgan fingerprint density at radius 1 is 1.00 bits per heavy atom. The Kier molecular flexibility index (Phi) is 3.13. The highest BCUT2D eigenvalue weighted by Crippen LogP contribution is 2.21. The van der Waals surface area contributed by atoms with Crippen LogP contribution < -0.4 is 0 Å². The molecule has 92 valence electrons. The number of benzene rings is 2. The lowest BCUT2D eigenvalue weighted by Gasteiger charge is -2.04. The van der Waals surface area contributed by atoms with Crippen LogP contribution in [0.15, 0.2) is 65.3 Å². The van der Waals surface area contributed by atoms with E-state index in [0.717, 1.165) is 15.4 Å². The first-order valence-electron chi connectivity index (χ1n) is 5.90. The van der Waals surface area contributed by atoms with Crippen LogP contribution in [0.2, 0.25) is 0 Å². The van der Waals surface area contributed by atoms with Crippen LogP contribution in [0.3, 0.4) is 0 Å². The van der Waals surface area contributed by atoms with Crippen LogP contribution in [0, 0.1) is 0 Å². The summed E-state index contributed by atoms with van der Waals surface area (Å²) in [6.07, 6.45) is 1.63. The van der Waals surface area contributed by atoms with Crippen LogP contribution >= 0.6 is 15.9 Å². The summed E-state index contributed by atoms with van der Waals surface area (Å²) < 4.78 is 0.799. The minimum Gasteiger partial charge on any atom is -0.289 e. The fourth-order valence-electron chi connectivity index (χ4n) is 2.00. The molecule has 3 aromatic rings. The van der Waals surface area contributed by atoms with Crippen molar-refractivity contribution in [1.29, 1.82) is 0 Å². The lowest BCUT2D eigenvalue weighted by atomic mass is 10.0. The predicted octanol–water partition coefficient (Wildman–Crippen LogP) is 4.23. The molecule has 0 N–H and O–H groups in total. The Morgan fingerprint density at radius 3 is 2.58 bits per heavy atom. The Hall–Kier alpha value is -2.00. The fourth-order valence-corrected chi connectivity index (χ4v) is 2.46. The highest BCUT2D eigenvalue weighted by molar-refractivity contribution is 9.10. The van der Waals surface area contributed by atoms with Crippen LogP contribution in [-0.2, 0) is 0 Å². The van der Waals surface area contributed by atoms with Gasteiger partial charge in [-0.1, -0.05) is 46.3 Å². The molecule has 0 saturated carbocycles. The molecular formula is C16H10BrNO. The zero-order valence-corrected chi connectivity index (χ0v) is 11.6. The van der Waals surface area contributed by atoms with Crippen LogP contribution in [0.25, 0.3) is 10.9 Å². The molecule has 3 heteroatoms. The molecule has 0 unspecified atom stereocenters. The number of carbonyl (C=O) groups excluding carboxylic acids is 1. The molecule has 1 aromatic heterocycles. The fraction of sp³-hybridized carbons (Fsp3) is 0. The van der Waals surface area contributed by atoms with E-state index in [9.17, 15) is 4.79 Å². The monoisotopic (exact) mass is 311 g/mol.